The van der Waals surface area contributed by atoms with Crippen LogP contribution in [-0.2, 0) is 0 Å². The highest BCUT2D eigenvalue weighted by Gasteiger charge is 2.18. The van der Waals surface area contributed by atoms with Crippen molar-refractivity contribution in [3.63, 3.8) is 0 Å². The molecule has 19 nitrogen and oxygen atoms in total. The Labute approximate surface area is 304 Å². The van der Waals surface area contributed by atoms with E-state index in [-0.39, 0.29) is 34.8 Å². The van der Waals surface area contributed by atoms with E-state index in [4.69, 9.17) is 39.2 Å². The number of halogens is 1. The number of hydrogen-bond acceptors (Lipinski definition) is 11. The van der Waals surface area contributed by atoms with Crippen LogP contribution in [0.1, 0.15) is 77.6 Å². The van der Waals surface area contributed by atoms with Crippen molar-refractivity contribution >= 4 is 63.9 Å². The number of nitrogens with one attached hydrogen (secondary N) is 9. The summed E-state index contributed by atoms with van der Waals surface area (Å²) in [5.41, 5.74) is 35.6. The lowest BCUT2D eigenvalue weighted by molar-refractivity contribution is 0.102. The molecule has 0 aliphatic heterocycles. The average molecular weight is 728 g/mol. The standard InChI is InChI=1S/C33H42FN17O2/c1-15(44-48-19(5)35)21-8-24(18(4)47-51-33(40)41)13-26(12-21)43-30(53)27-14-20(6-7-28(27)34)29(52)42-25-10-22(16(2)45-49-31(36)37)9-23(11-25)17(3)46-50-32(38)39/h6-14,19,48H,35H2,1-5H3,(H,42,52)(H,43,53)(H4,36,37,49)(H4,38,39,50)(H4,40,41,51)/b44-15+,45-16+,46-17+,47-18+. The Hall–Kier alpha value is -7.22. The first kappa shape index (κ1) is 40.2. The molecular weight excluding hydrogens is 685 g/mol. The fourth-order valence-corrected chi connectivity index (χ4v) is 4.37. The second-order valence-electron chi connectivity index (χ2n) is 11.5. The van der Waals surface area contributed by atoms with Gasteiger partial charge in [-0.1, -0.05) is 0 Å². The summed E-state index contributed by atoms with van der Waals surface area (Å²) in [6, 6.07) is 13.2. The first-order chi connectivity index (χ1) is 24.9. The lowest BCUT2D eigenvalue weighted by Gasteiger charge is -2.14. The number of carbonyl (C=O) groups is 2. The van der Waals surface area contributed by atoms with Gasteiger partial charge in [-0.2, -0.15) is 20.4 Å². The molecule has 0 fully saturated rings. The largest absolute Gasteiger partial charge is 0.369 e. The van der Waals surface area contributed by atoms with Crippen molar-refractivity contribution in [2.24, 2.45) is 43.3 Å². The molecule has 0 aliphatic rings. The molecule has 3 aromatic rings. The first-order valence-electron chi connectivity index (χ1n) is 15.7. The first-order valence-corrected chi connectivity index (χ1v) is 15.7. The van der Waals surface area contributed by atoms with Crippen LogP contribution in [0.4, 0.5) is 15.8 Å². The van der Waals surface area contributed by atoms with Crippen LogP contribution in [0.15, 0.2) is 75.0 Å². The molecule has 2 amide bonds. The molecule has 278 valence electrons. The SMILES string of the molecule is C/C(=N\NC(=N)N)c1cc(NC(=O)c2ccc(F)c(C(=O)Nc3cc(/C(C)=N/NC(=N)N)cc(/C(C)=N/NC(C)N)c3)c2)cc(/C(C)=N/NC(=N)N)c1. The number of hydrazone groups is 4. The van der Waals surface area contributed by atoms with Crippen LogP contribution in [0.5, 0.6) is 0 Å². The highest BCUT2D eigenvalue weighted by molar-refractivity contribution is 6.12. The summed E-state index contributed by atoms with van der Waals surface area (Å²) in [4.78, 5) is 27.0. The third-order valence-electron chi connectivity index (χ3n) is 6.99. The molecule has 1 atom stereocenters. The molecule has 1 unspecified atom stereocenters. The predicted molar refractivity (Wildman–Crippen MR) is 206 cm³/mol. The lowest BCUT2D eigenvalue weighted by Crippen LogP contribution is -2.30. The molecule has 0 aromatic heterocycles. The van der Waals surface area contributed by atoms with Crippen molar-refractivity contribution < 1.29 is 14.0 Å². The number of anilines is 2. The second kappa shape index (κ2) is 18.1. The average Bonchev–Trinajstić information content (AvgIpc) is 3.10. The Morgan fingerprint density at radius 2 is 0.981 bits per heavy atom. The number of rotatable bonds is 13. The number of nitrogens with two attached hydrogens (primary N) is 4. The van der Waals surface area contributed by atoms with Crippen molar-refractivity contribution in [1.82, 2.24) is 21.7 Å². The normalized spacial score (nSPS) is 12.7. The van der Waals surface area contributed by atoms with E-state index >= 15 is 4.39 Å². The maximum atomic E-state index is 15.1. The second-order valence-corrected chi connectivity index (χ2v) is 11.5. The molecule has 20 heteroatoms. The lowest BCUT2D eigenvalue weighted by atomic mass is 10.0. The van der Waals surface area contributed by atoms with Gasteiger partial charge in [0.1, 0.15) is 5.82 Å². The molecule has 0 radical (unpaired) electrons. The van der Waals surface area contributed by atoms with E-state index in [2.05, 4.69) is 52.7 Å². The molecule has 3 rings (SSSR count). The number of guanidine groups is 3. The van der Waals surface area contributed by atoms with Crippen LogP contribution in [0, 0.1) is 22.0 Å². The highest BCUT2D eigenvalue weighted by Crippen LogP contribution is 2.22. The Balaban J connectivity index is 1.99. The van der Waals surface area contributed by atoms with Crippen molar-refractivity contribution in [2.75, 3.05) is 10.6 Å². The predicted octanol–water partition coefficient (Wildman–Crippen LogP) is 1.57. The topological polar surface area (TPSA) is 331 Å². The van der Waals surface area contributed by atoms with Crippen molar-refractivity contribution in [3.8, 4) is 0 Å². The molecule has 3 aromatic carbocycles. The van der Waals surface area contributed by atoms with Crippen molar-refractivity contribution in [2.45, 2.75) is 40.8 Å². The zero-order chi connectivity index (χ0) is 39.4. The summed E-state index contributed by atoms with van der Waals surface area (Å²) >= 11 is 0. The van der Waals surface area contributed by atoms with E-state index in [0.717, 1.165) is 12.1 Å². The van der Waals surface area contributed by atoms with Crippen molar-refractivity contribution in [1.29, 1.82) is 16.2 Å². The van der Waals surface area contributed by atoms with Crippen LogP contribution in [0.25, 0.3) is 0 Å². The van der Waals surface area contributed by atoms with Gasteiger partial charge in [-0.25, -0.2) is 20.7 Å². The quantitative estimate of drug-likeness (QED) is 0.0521. The molecule has 0 aliphatic carbocycles. The fraction of sp³-hybridized carbons (Fsp3) is 0.182. The van der Waals surface area contributed by atoms with Gasteiger partial charge >= 0.3 is 0 Å². The Morgan fingerprint density at radius 1 is 0.604 bits per heavy atom. The smallest absolute Gasteiger partial charge is 0.258 e. The number of benzene rings is 3. The summed E-state index contributed by atoms with van der Waals surface area (Å²) in [6.07, 6.45) is -0.435. The molecule has 0 saturated carbocycles. The van der Waals surface area contributed by atoms with E-state index in [1.54, 1.807) is 71.0 Å². The van der Waals surface area contributed by atoms with Crippen molar-refractivity contribution in [3.05, 3.63) is 93.8 Å². The summed E-state index contributed by atoms with van der Waals surface area (Å²) < 4.78 is 15.1. The number of amides is 2. The summed E-state index contributed by atoms with van der Waals surface area (Å²) in [5.74, 6) is -3.54. The molecule has 53 heavy (non-hydrogen) atoms. The third kappa shape index (κ3) is 12.3. The van der Waals surface area contributed by atoms with Gasteiger partial charge < -0.3 is 33.6 Å². The molecule has 0 saturated heterocycles. The Morgan fingerprint density at radius 3 is 1.36 bits per heavy atom. The van der Waals surface area contributed by atoms with Crippen LogP contribution in [0.2, 0.25) is 0 Å². The minimum atomic E-state index is -0.878. The molecule has 0 bridgehead atoms. The van der Waals surface area contributed by atoms with Gasteiger partial charge in [-0.05, 0) is 89.2 Å². The van der Waals surface area contributed by atoms with Gasteiger partial charge in [0.25, 0.3) is 11.8 Å². The van der Waals surface area contributed by atoms with Crippen LogP contribution >= 0.6 is 0 Å². The van der Waals surface area contributed by atoms with E-state index in [9.17, 15) is 9.59 Å². The summed E-state index contributed by atoms with van der Waals surface area (Å²) in [5, 5.41) is 44.0. The van der Waals surface area contributed by atoms with E-state index in [1.165, 1.54) is 6.07 Å². The van der Waals surface area contributed by atoms with E-state index in [1.807, 2.05) is 0 Å². The Kier molecular flexibility index (Phi) is 13.8. The molecule has 17 N–H and O–H groups in total. The minimum absolute atomic E-state index is 0.0338. The van der Waals surface area contributed by atoms with Gasteiger partial charge in [0.2, 0.25) is 17.9 Å². The van der Waals surface area contributed by atoms with E-state index in [0.29, 0.717) is 45.1 Å². The molecule has 0 heterocycles. The third-order valence-corrected chi connectivity index (χ3v) is 6.99. The number of carbonyl (C=O) groups excluding carboxylic acids is 2. The van der Waals surface area contributed by atoms with Crippen LogP contribution in [-0.4, -0.2) is 58.7 Å². The Bertz CT molecular complexity index is 2000. The maximum absolute atomic E-state index is 15.1. The zero-order valence-corrected chi connectivity index (χ0v) is 29.6. The monoisotopic (exact) mass is 727 g/mol. The highest BCUT2D eigenvalue weighted by atomic mass is 19.1. The molecular formula is C33H42FN17O2. The van der Waals surface area contributed by atoms with Crippen LogP contribution < -0.4 is 55.3 Å². The van der Waals surface area contributed by atoms with Crippen LogP contribution in [0.3, 0.4) is 0 Å². The van der Waals surface area contributed by atoms with Gasteiger partial charge in [0.05, 0.1) is 34.6 Å². The summed E-state index contributed by atoms with van der Waals surface area (Å²) in [7, 11) is 0. The van der Waals surface area contributed by atoms with Gasteiger partial charge in [-0.15, -0.1) is 0 Å². The number of hydrogen-bond donors (Lipinski definition) is 13. The maximum Gasteiger partial charge on any atom is 0.258 e. The molecule has 0 spiro atoms. The number of nitrogens with zero attached hydrogens (tertiary/aromatic N) is 4. The van der Waals surface area contributed by atoms with Gasteiger partial charge in [0.15, 0.2) is 0 Å². The zero-order valence-electron chi connectivity index (χ0n) is 29.6. The summed E-state index contributed by atoms with van der Waals surface area (Å²) in [6.45, 7) is 8.37. The van der Waals surface area contributed by atoms with Gasteiger partial charge in [-0.3, -0.25) is 31.2 Å². The minimum Gasteiger partial charge on any atom is -0.369 e. The van der Waals surface area contributed by atoms with E-state index < -0.39 is 29.4 Å². The fourth-order valence-electron chi connectivity index (χ4n) is 4.37. The van der Waals surface area contributed by atoms with Gasteiger partial charge in [0, 0.05) is 39.2 Å².